The molecule has 0 amide bonds. The lowest BCUT2D eigenvalue weighted by atomic mass is 9.79. The summed E-state index contributed by atoms with van der Waals surface area (Å²) in [6.45, 7) is 0.652. The number of rotatable bonds is 6. The Morgan fingerprint density at radius 2 is 1.95 bits per heavy atom. The lowest BCUT2D eigenvalue weighted by Gasteiger charge is -2.16. The van der Waals surface area contributed by atoms with E-state index in [1.54, 1.807) is 11.9 Å². The summed E-state index contributed by atoms with van der Waals surface area (Å²) < 4.78 is 35.3. The van der Waals surface area contributed by atoms with Crippen LogP contribution in [0.3, 0.4) is 0 Å². The molecule has 0 radical (unpaired) electrons. The number of hydrogen-bond acceptors (Lipinski definition) is 5. The van der Waals surface area contributed by atoms with E-state index in [9.17, 15) is 12.8 Å². The Hall–Kier alpha value is -0.955. The van der Waals surface area contributed by atoms with Crippen molar-refractivity contribution in [1.82, 2.24) is 4.90 Å². The van der Waals surface area contributed by atoms with Gasteiger partial charge in [-0.15, -0.1) is 0 Å². The number of halogens is 1. The maximum Gasteiger partial charge on any atom is 0.488 e. The first-order chi connectivity index (χ1) is 8.67. The second-order valence-electron chi connectivity index (χ2n) is 4.63. The van der Waals surface area contributed by atoms with Gasteiger partial charge in [0.05, 0.1) is 5.75 Å². The lowest BCUT2D eigenvalue weighted by molar-refractivity contribution is 0.345. The summed E-state index contributed by atoms with van der Waals surface area (Å²) in [6, 6.07) is 3.80. The van der Waals surface area contributed by atoms with Crippen molar-refractivity contribution in [2.75, 3.05) is 25.6 Å². The molecule has 0 fully saturated rings. The number of hydrogen-bond donors (Lipinski definition) is 2. The summed E-state index contributed by atoms with van der Waals surface area (Å²) >= 11 is 0. The van der Waals surface area contributed by atoms with Crippen LogP contribution < -0.4 is 5.46 Å². The van der Waals surface area contributed by atoms with Crippen LogP contribution in [-0.2, 0) is 16.4 Å². The Bertz CT molecular complexity index is 535. The predicted octanol–water partition coefficient (Wildman–Crippen LogP) is -1.02. The van der Waals surface area contributed by atoms with Gasteiger partial charge in [-0.1, -0.05) is 6.07 Å². The summed E-state index contributed by atoms with van der Waals surface area (Å²) in [5.41, 5.74) is 0.630. The second-order valence-corrected chi connectivity index (χ2v) is 6.89. The van der Waals surface area contributed by atoms with Crippen LogP contribution >= 0.6 is 0 Å². The third kappa shape index (κ3) is 6.15. The minimum atomic E-state index is -3.04. The fourth-order valence-corrected chi connectivity index (χ4v) is 2.27. The normalized spacial score (nSPS) is 11.9. The molecular formula is C11H17BFNO4S. The molecule has 1 aromatic carbocycles. The molecule has 0 spiro atoms. The highest BCUT2D eigenvalue weighted by Gasteiger charge is 2.14. The number of nitrogens with zero attached hydrogens (tertiary/aromatic N) is 1. The third-order valence-electron chi connectivity index (χ3n) is 2.57. The van der Waals surface area contributed by atoms with E-state index in [2.05, 4.69) is 0 Å². The van der Waals surface area contributed by atoms with Crippen molar-refractivity contribution in [3.63, 3.8) is 0 Å². The molecule has 0 aliphatic carbocycles. The maximum absolute atomic E-state index is 13.3. The van der Waals surface area contributed by atoms with Gasteiger partial charge in [-0.05, 0) is 30.2 Å². The molecule has 0 aliphatic heterocycles. The van der Waals surface area contributed by atoms with Gasteiger partial charge in [0.1, 0.15) is 15.7 Å². The molecule has 0 bridgehead atoms. The highest BCUT2D eigenvalue weighted by molar-refractivity contribution is 7.90. The van der Waals surface area contributed by atoms with E-state index in [0.29, 0.717) is 18.7 Å². The van der Waals surface area contributed by atoms with Crippen LogP contribution in [0.15, 0.2) is 18.2 Å². The first-order valence-corrected chi connectivity index (χ1v) is 7.75. The van der Waals surface area contributed by atoms with Crippen molar-refractivity contribution in [3.8, 4) is 0 Å². The summed E-state index contributed by atoms with van der Waals surface area (Å²) in [6.07, 6.45) is 1.16. The molecular weight excluding hydrogens is 272 g/mol. The Morgan fingerprint density at radius 1 is 1.32 bits per heavy atom. The summed E-state index contributed by atoms with van der Waals surface area (Å²) in [7, 11) is -3.05. The predicted molar refractivity (Wildman–Crippen MR) is 72.3 cm³/mol. The van der Waals surface area contributed by atoms with E-state index in [4.69, 9.17) is 10.0 Å². The van der Waals surface area contributed by atoms with E-state index >= 15 is 0 Å². The standard InChI is InChI=1S/C11H17BFNO4S/c1-14(3-4-19(2,17)18)8-9-5-10(12(15)16)7-11(13)6-9/h5-7,15-16H,3-4,8H2,1-2H3. The fourth-order valence-electron chi connectivity index (χ4n) is 1.63. The van der Waals surface area contributed by atoms with Crippen LogP contribution in [0.2, 0.25) is 0 Å². The largest absolute Gasteiger partial charge is 0.488 e. The fraction of sp³-hybridized carbons (Fsp3) is 0.455. The SMILES string of the molecule is CN(CCS(C)(=O)=O)Cc1cc(F)cc(B(O)O)c1. The Morgan fingerprint density at radius 3 is 2.47 bits per heavy atom. The van der Waals surface area contributed by atoms with Gasteiger partial charge in [0.25, 0.3) is 0 Å². The molecule has 0 unspecified atom stereocenters. The van der Waals surface area contributed by atoms with Crippen LogP contribution in [0.5, 0.6) is 0 Å². The van der Waals surface area contributed by atoms with Crippen LogP contribution in [0.1, 0.15) is 5.56 Å². The molecule has 0 heterocycles. The topological polar surface area (TPSA) is 77.8 Å². The van der Waals surface area contributed by atoms with E-state index in [1.165, 1.54) is 12.1 Å². The Balaban J connectivity index is 2.71. The zero-order valence-corrected chi connectivity index (χ0v) is 11.7. The summed E-state index contributed by atoms with van der Waals surface area (Å²) in [5, 5.41) is 18.0. The average Bonchev–Trinajstić information content (AvgIpc) is 2.24. The molecule has 0 saturated carbocycles. The Kier molecular flexibility index (Phi) is 5.48. The summed E-state index contributed by atoms with van der Waals surface area (Å²) in [4.78, 5) is 1.73. The van der Waals surface area contributed by atoms with Crippen molar-refractivity contribution in [3.05, 3.63) is 29.6 Å². The van der Waals surface area contributed by atoms with Gasteiger partial charge in [-0.2, -0.15) is 0 Å². The van der Waals surface area contributed by atoms with Crippen LogP contribution in [-0.4, -0.2) is 56.1 Å². The van der Waals surface area contributed by atoms with E-state index in [1.807, 2.05) is 0 Å². The first kappa shape index (κ1) is 16.1. The van der Waals surface area contributed by atoms with Gasteiger partial charge in [0.2, 0.25) is 0 Å². The van der Waals surface area contributed by atoms with Crippen LogP contribution in [0.4, 0.5) is 4.39 Å². The highest BCUT2D eigenvalue weighted by Crippen LogP contribution is 2.05. The zero-order chi connectivity index (χ0) is 14.6. The van der Waals surface area contributed by atoms with E-state index in [0.717, 1.165) is 12.3 Å². The third-order valence-corrected chi connectivity index (χ3v) is 3.50. The summed E-state index contributed by atoms with van der Waals surface area (Å²) in [5.74, 6) is -0.536. The lowest BCUT2D eigenvalue weighted by Crippen LogP contribution is -2.31. The second kappa shape index (κ2) is 6.47. The molecule has 8 heteroatoms. The van der Waals surface area contributed by atoms with Crippen LogP contribution in [0.25, 0.3) is 0 Å². The zero-order valence-electron chi connectivity index (χ0n) is 10.9. The minimum absolute atomic E-state index is 0.0221. The molecule has 19 heavy (non-hydrogen) atoms. The van der Waals surface area contributed by atoms with Gasteiger partial charge in [0, 0.05) is 19.3 Å². The number of benzene rings is 1. The van der Waals surface area contributed by atoms with Gasteiger partial charge >= 0.3 is 7.12 Å². The molecule has 5 nitrogen and oxygen atoms in total. The monoisotopic (exact) mass is 289 g/mol. The van der Waals surface area contributed by atoms with Crippen molar-refractivity contribution in [2.24, 2.45) is 0 Å². The number of sulfone groups is 1. The van der Waals surface area contributed by atoms with Gasteiger partial charge in [-0.3, -0.25) is 0 Å². The molecule has 0 aromatic heterocycles. The van der Waals surface area contributed by atoms with Gasteiger partial charge in [-0.25, -0.2) is 12.8 Å². The first-order valence-electron chi connectivity index (χ1n) is 5.69. The quantitative estimate of drug-likeness (QED) is 0.656. The van der Waals surface area contributed by atoms with Crippen molar-refractivity contribution < 1.29 is 22.9 Å². The van der Waals surface area contributed by atoms with Crippen LogP contribution in [0, 0.1) is 5.82 Å². The Labute approximate surface area is 112 Å². The maximum atomic E-state index is 13.3. The van der Waals surface area contributed by atoms with Gasteiger partial charge < -0.3 is 14.9 Å². The van der Waals surface area contributed by atoms with Crippen molar-refractivity contribution in [1.29, 1.82) is 0 Å². The van der Waals surface area contributed by atoms with E-state index in [-0.39, 0.29) is 11.2 Å². The molecule has 1 aromatic rings. The van der Waals surface area contributed by atoms with Gasteiger partial charge in [0.15, 0.2) is 0 Å². The molecule has 1 rings (SSSR count). The average molecular weight is 289 g/mol. The molecule has 0 aliphatic rings. The van der Waals surface area contributed by atoms with Crippen molar-refractivity contribution in [2.45, 2.75) is 6.54 Å². The molecule has 2 N–H and O–H groups in total. The van der Waals surface area contributed by atoms with E-state index < -0.39 is 22.8 Å². The molecule has 106 valence electrons. The highest BCUT2D eigenvalue weighted by atomic mass is 32.2. The smallest absolute Gasteiger partial charge is 0.423 e. The van der Waals surface area contributed by atoms with Crippen molar-refractivity contribution >= 4 is 22.4 Å². The minimum Gasteiger partial charge on any atom is -0.423 e. The molecule has 0 saturated heterocycles. The molecule has 0 atom stereocenters.